The van der Waals surface area contributed by atoms with Gasteiger partial charge in [-0.15, -0.1) is 0 Å². The van der Waals surface area contributed by atoms with Crippen LogP contribution in [0.2, 0.25) is 0 Å². The minimum absolute atomic E-state index is 0.143. The first-order valence-electron chi connectivity index (χ1n) is 9.50. The van der Waals surface area contributed by atoms with Gasteiger partial charge in [-0.1, -0.05) is 36.4 Å². The molecule has 1 aliphatic rings. The van der Waals surface area contributed by atoms with Gasteiger partial charge in [0, 0.05) is 22.9 Å². The van der Waals surface area contributed by atoms with Crippen molar-refractivity contribution in [3.8, 4) is 28.4 Å². The van der Waals surface area contributed by atoms with Gasteiger partial charge in [-0.3, -0.25) is 4.79 Å². The molecule has 0 saturated carbocycles. The van der Waals surface area contributed by atoms with Gasteiger partial charge >= 0.3 is 0 Å². The molecule has 1 aromatic heterocycles. The van der Waals surface area contributed by atoms with E-state index in [1.54, 1.807) is 27.5 Å². The van der Waals surface area contributed by atoms with Gasteiger partial charge in [-0.05, 0) is 35.7 Å². The van der Waals surface area contributed by atoms with Crippen molar-refractivity contribution in [1.82, 2.24) is 4.98 Å². The lowest BCUT2D eigenvalue weighted by Gasteiger charge is -2.14. The van der Waals surface area contributed by atoms with Crippen LogP contribution >= 0.6 is 0 Å². The standard InChI is InChI=1S/C24H22N2O4/c1-28-20-12-16(13-21(29-2)22(20)30-3)17-11-19-18(24(27)26-23(19)25-14-17)10-9-15-7-5-4-6-8-15/h4-8,10-14H,9H2,1-3H3,(H,25,26,27)/b18-10-. The number of nitrogens with zero attached hydrogens (tertiary/aromatic N) is 1. The van der Waals surface area contributed by atoms with Crippen LogP contribution in [0.5, 0.6) is 17.2 Å². The Kier molecular flexibility index (Phi) is 5.39. The third kappa shape index (κ3) is 3.59. The molecule has 1 N–H and O–H groups in total. The smallest absolute Gasteiger partial charge is 0.257 e. The number of aromatic nitrogens is 1. The Balaban J connectivity index is 1.74. The van der Waals surface area contributed by atoms with Gasteiger partial charge in [-0.25, -0.2) is 4.98 Å². The Bertz CT molecular complexity index is 1100. The summed E-state index contributed by atoms with van der Waals surface area (Å²) in [7, 11) is 4.72. The van der Waals surface area contributed by atoms with Crippen molar-refractivity contribution in [1.29, 1.82) is 0 Å². The molecule has 2 aromatic carbocycles. The van der Waals surface area contributed by atoms with E-state index in [1.807, 2.05) is 54.6 Å². The topological polar surface area (TPSA) is 69.7 Å². The number of ether oxygens (including phenoxy) is 3. The van der Waals surface area contributed by atoms with E-state index in [4.69, 9.17) is 14.2 Å². The third-order valence-electron chi connectivity index (χ3n) is 5.04. The summed E-state index contributed by atoms with van der Waals surface area (Å²) in [5.74, 6) is 2.06. The SMILES string of the molecule is COc1cc(-c2cnc3c(c2)/C(=C/Cc2ccccc2)C(=O)N3)cc(OC)c1OC. The summed E-state index contributed by atoms with van der Waals surface area (Å²) in [6, 6.07) is 15.7. The second-order valence-electron chi connectivity index (χ2n) is 6.80. The van der Waals surface area contributed by atoms with Gasteiger partial charge in [0.2, 0.25) is 5.75 Å². The number of pyridine rings is 1. The van der Waals surface area contributed by atoms with Gasteiger partial charge < -0.3 is 19.5 Å². The highest BCUT2D eigenvalue weighted by Gasteiger charge is 2.26. The van der Waals surface area contributed by atoms with Crippen LogP contribution in [-0.2, 0) is 11.2 Å². The molecule has 0 saturated heterocycles. The molecule has 152 valence electrons. The zero-order valence-corrected chi connectivity index (χ0v) is 17.1. The summed E-state index contributed by atoms with van der Waals surface area (Å²) in [4.78, 5) is 17.0. The molecule has 30 heavy (non-hydrogen) atoms. The molecular formula is C24H22N2O4. The van der Waals surface area contributed by atoms with Crippen molar-refractivity contribution in [2.75, 3.05) is 26.6 Å². The second-order valence-corrected chi connectivity index (χ2v) is 6.80. The van der Waals surface area contributed by atoms with Crippen LogP contribution in [0.15, 0.2) is 60.8 Å². The fraction of sp³-hybridized carbons (Fsp3) is 0.167. The van der Waals surface area contributed by atoms with Gasteiger partial charge in [0.1, 0.15) is 5.82 Å². The van der Waals surface area contributed by atoms with E-state index in [2.05, 4.69) is 10.3 Å². The molecule has 0 bridgehead atoms. The highest BCUT2D eigenvalue weighted by molar-refractivity contribution is 6.31. The van der Waals surface area contributed by atoms with Gasteiger partial charge in [0.05, 0.1) is 21.3 Å². The summed E-state index contributed by atoms with van der Waals surface area (Å²) in [5, 5.41) is 2.84. The van der Waals surface area contributed by atoms with Gasteiger partial charge in [-0.2, -0.15) is 0 Å². The molecule has 3 aromatic rings. The first-order valence-corrected chi connectivity index (χ1v) is 9.50. The summed E-state index contributed by atoms with van der Waals surface area (Å²) in [5.41, 5.74) is 4.23. The Morgan fingerprint density at radius 1 is 0.933 bits per heavy atom. The number of anilines is 1. The third-order valence-corrected chi connectivity index (χ3v) is 5.04. The number of amides is 1. The second kappa shape index (κ2) is 8.29. The molecule has 6 nitrogen and oxygen atoms in total. The van der Waals surface area contributed by atoms with Crippen LogP contribution in [0.1, 0.15) is 11.1 Å². The number of carbonyl (C=O) groups is 1. The maximum absolute atomic E-state index is 12.5. The maximum Gasteiger partial charge on any atom is 0.257 e. The van der Waals surface area contributed by atoms with Crippen molar-refractivity contribution < 1.29 is 19.0 Å². The van der Waals surface area contributed by atoms with Gasteiger partial charge in [0.15, 0.2) is 11.5 Å². The number of nitrogens with one attached hydrogen (secondary N) is 1. The molecule has 1 amide bonds. The van der Waals surface area contributed by atoms with E-state index in [-0.39, 0.29) is 5.91 Å². The molecule has 6 heteroatoms. The Labute approximate surface area is 175 Å². The van der Waals surface area contributed by atoms with Crippen LogP contribution in [0.3, 0.4) is 0 Å². The monoisotopic (exact) mass is 402 g/mol. The highest BCUT2D eigenvalue weighted by atomic mass is 16.5. The number of hydrogen-bond donors (Lipinski definition) is 1. The lowest BCUT2D eigenvalue weighted by Crippen LogP contribution is -2.04. The zero-order valence-electron chi connectivity index (χ0n) is 17.1. The van der Waals surface area contributed by atoms with E-state index in [1.165, 1.54) is 0 Å². The summed E-state index contributed by atoms with van der Waals surface area (Å²) >= 11 is 0. The van der Waals surface area contributed by atoms with Crippen molar-refractivity contribution >= 4 is 17.3 Å². The van der Waals surface area contributed by atoms with Crippen LogP contribution in [0.4, 0.5) is 5.82 Å². The summed E-state index contributed by atoms with van der Waals surface area (Å²) in [6.07, 6.45) is 4.33. The normalized spacial score (nSPS) is 13.7. The largest absolute Gasteiger partial charge is 0.493 e. The van der Waals surface area contributed by atoms with E-state index in [9.17, 15) is 4.79 Å². The molecule has 0 atom stereocenters. The van der Waals surface area contributed by atoms with Crippen LogP contribution in [-0.4, -0.2) is 32.2 Å². The highest BCUT2D eigenvalue weighted by Crippen LogP contribution is 2.42. The average molecular weight is 402 g/mol. The van der Waals surface area contributed by atoms with Crippen molar-refractivity contribution in [3.63, 3.8) is 0 Å². The Hall–Kier alpha value is -3.80. The Morgan fingerprint density at radius 2 is 1.63 bits per heavy atom. The molecule has 0 unspecified atom stereocenters. The number of carbonyl (C=O) groups excluding carboxylic acids is 1. The predicted molar refractivity (Wildman–Crippen MR) is 116 cm³/mol. The molecule has 2 heterocycles. The molecular weight excluding hydrogens is 380 g/mol. The van der Waals surface area contributed by atoms with E-state index < -0.39 is 0 Å². The molecule has 4 rings (SSSR count). The lowest BCUT2D eigenvalue weighted by molar-refractivity contribution is -0.110. The lowest BCUT2D eigenvalue weighted by atomic mass is 10.0. The van der Waals surface area contributed by atoms with E-state index in [0.717, 1.165) is 22.3 Å². The van der Waals surface area contributed by atoms with Crippen molar-refractivity contribution in [3.05, 3.63) is 71.9 Å². The zero-order chi connectivity index (χ0) is 21.1. The van der Waals surface area contributed by atoms with Crippen LogP contribution in [0, 0.1) is 0 Å². The molecule has 0 spiro atoms. The van der Waals surface area contributed by atoms with Crippen LogP contribution in [0.25, 0.3) is 16.7 Å². The van der Waals surface area contributed by atoms with Crippen LogP contribution < -0.4 is 19.5 Å². The molecule has 0 radical (unpaired) electrons. The summed E-state index contributed by atoms with van der Waals surface area (Å²) in [6.45, 7) is 0. The molecule has 0 aliphatic carbocycles. The number of fused-ring (bicyclic) bond motifs is 1. The first-order chi connectivity index (χ1) is 14.6. The summed E-state index contributed by atoms with van der Waals surface area (Å²) < 4.78 is 16.3. The minimum Gasteiger partial charge on any atom is -0.493 e. The van der Waals surface area contributed by atoms with Crippen molar-refractivity contribution in [2.24, 2.45) is 0 Å². The number of hydrogen-bond acceptors (Lipinski definition) is 5. The quantitative estimate of drug-likeness (QED) is 0.621. The fourth-order valence-electron chi connectivity index (χ4n) is 3.51. The fourth-order valence-corrected chi connectivity index (χ4v) is 3.51. The number of methoxy groups -OCH3 is 3. The number of rotatable bonds is 6. The van der Waals surface area contributed by atoms with E-state index in [0.29, 0.717) is 35.1 Å². The maximum atomic E-state index is 12.5. The van der Waals surface area contributed by atoms with Crippen molar-refractivity contribution in [2.45, 2.75) is 6.42 Å². The number of allylic oxidation sites excluding steroid dienone is 1. The minimum atomic E-state index is -0.143. The molecule has 0 fully saturated rings. The Morgan fingerprint density at radius 3 is 2.27 bits per heavy atom. The van der Waals surface area contributed by atoms with E-state index >= 15 is 0 Å². The average Bonchev–Trinajstić information content (AvgIpc) is 3.11. The number of benzene rings is 2. The predicted octanol–water partition coefficient (Wildman–Crippen LogP) is 4.35. The first kappa shape index (κ1) is 19.5. The van der Waals surface area contributed by atoms with Gasteiger partial charge in [0.25, 0.3) is 5.91 Å². The molecule has 1 aliphatic heterocycles.